The van der Waals surface area contributed by atoms with Crippen molar-refractivity contribution < 1.29 is 23.9 Å². The number of carbonyl (C=O) groups excluding carboxylic acids is 3. The van der Waals surface area contributed by atoms with E-state index in [1.807, 2.05) is 6.92 Å². The second-order valence-electron chi connectivity index (χ2n) is 10.1. The zero-order chi connectivity index (χ0) is 20.9. The third kappa shape index (κ3) is 3.55. The molecule has 1 aliphatic heterocycles. The molecule has 0 aromatic rings. The molecule has 0 N–H and O–H groups in total. The summed E-state index contributed by atoms with van der Waals surface area (Å²) in [6, 6.07) is 0. The largest absolute Gasteiger partial charge is 0.462 e. The quantitative estimate of drug-likeness (QED) is 0.485. The van der Waals surface area contributed by atoms with Gasteiger partial charge in [0, 0.05) is 32.1 Å². The van der Waals surface area contributed by atoms with Crippen LogP contribution in [0.25, 0.3) is 0 Å². The van der Waals surface area contributed by atoms with E-state index >= 15 is 0 Å². The van der Waals surface area contributed by atoms with E-state index in [-0.39, 0.29) is 41.3 Å². The fraction of sp³-hybridized carbons (Fsp3) is 0.792. The molecule has 8 atom stereocenters. The Hall–Kier alpha value is -1.65. The predicted octanol–water partition coefficient (Wildman–Crippen LogP) is 4.24. The molecule has 5 nitrogen and oxygen atoms in total. The molecule has 4 rings (SSSR count). The van der Waals surface area contributed by atoms with Gasteiger partial charge in [0.1, 0.15) is 18.0 Å². The molecule has 29 heavy (non-hydrogen) atoms. The van der Waals surface area contributed by atoms with E-state index in [9.17, 15) is 14.4 Å². The minimum atomic E-state index is -0.341. The number of allylic oxidation sites excluding steroid dienone is 1. The van der Waals surface area contributed by atoms with Crippen molar-refractivity contribution in [2.75, 3.05) is 0 Å². The summed E-state index contributed by atoms with van der Waals surface area (Å²) in [6.45, 7) is 8.01. The Balaban J connectivity index is 1.60. The van der Waals surface area contributed by atoms with Gasteiger partial charge in [-0.25, -0.2) is 0 Å². The van der Waals surface area contributed by atoms with Crippen molar-refractivity contribution in [1.82, 2.24) is 0 Å². The van der Waals surface area contributed by atoms with Crippen LogP contribution in [0.2, 0.25) is 0 Å². The zero-order valence-corrected chi connectivity index (χ0v) is 18.1. The highest BCUT2D eigenvalue weighted by Crippen LogP contribution is 2.64. The van der Waals surface area contributed by atoms with Crippen molar-refractivity contribution in [3.05, 3.63) is 11.6 Å². The Bertz CT molecular complexity index is 740. The van der Waals surface area contributed by atoms with Crippen LogP contribution in [0.1, 0.15) is 72.6 Å². The van der Waals surface area contributed by atoms with Crippen molar-refractivity contribution >= 4 is 17.7 Å². The molecule has 0 bridgehead atoms. The van der Waals surface area contributed by atoms with Crippen molar-refractivity contribution in [3.8, 4) is 0 Å². The summed E-state index contributed by atoms with van der Waals surface area (Å²) in [5.74, 6) is 1.53. The van der Waals surface area contributed by atoms with Crippen molar-refractivity contribution in [3.63, 3.8) is 0 Å². The summed E-state index contributed by atoms with van der Waals surface area (Å²) < 4.78 is 11.1. The minimum absolute atomic E-state index is 0.0196. The molecule has 0 spiro atoms. The van der Waals surface area contributed by atoms with Gasteiger partial charge in [-0.3, -0.25) is 14.4 Å². The molecule has 0 aromatic carbocycles. The number of ether oxygens (including phenoxy) is 2. The molecular formula is C24H34O5. The number of hydrogen-bond donors (Lipinski definition) is 0. The molecule has 1 heterocycles. The lowest BCUT2D eigenvalue weighted by atomic mass is 9.54. The topological polar surface area (TPSA) is 69.7 Å². The lowest BCUT2D eigenvalue weighted by Crippen LogP contribution is -2.44. The highest BCUT2D eigenvalue weighted by molar-refractivity contribution is 5.79. The van der Waals surface area contributed by atoms with Crippen LogP contribution in [-0.4, -0.2) is 29.9 Å². The van der Waals surface area contributed by atoms with E-state index in [0.717, 1.165) is 25.7 Å². The van der Waals surface area contributed by atoms with Crippen molar-refractivity contribution in [2.24, 2.45) is 35.0 Å². The second-order valence-corrected chi connectivity index (χ2v) is 10.1. The molecule has 4 aliphatic rings. The fourth-order valence-electron chi connectivity index (χ4n) is 7.26. The molecular weight excluding hydrogens is 368 g/mol. The van der Waals surface area contributed by atoms with Crippen LogP contribution < -0.4 is 0 Å². The summed E-state index contributed by atoms with van der Waals surface area (Å²) in [4.78, 5) is 36.2. The van der Waals surface area contributed by atoms with E-state index in [0.29, 0.717) is 42.9 Å². The number of esters is 2. The molecule has 0 amide bonds. The van der Waals surface area contributed by atoms with Crippen LogP contribution >= 0.6 is 0 Å². The van der Waals surface area contributed by atoms with E-state index in [1.165, 1.54) is 12.5 Å². The van der Waals surface area contributed by atoms with Gasteiger partial charge in [-0.1, -0.05) is 25.5 Å². The molecule has 1 saturated heterocycles. The number of hydrogen-bond acceptors (Lipinski definition) is 5. The maximum atomic E-state index is 12.6. The predicted molar refractivity (Wildman–Crippen MR) is 108 cm³/mol. The van der Waals surface area contributed by atoms with Gasteiger partial charge in [0.05, 0.1) is 5.92 Å². The Labute approximate surface area is 173 Å². The fourth-order valence-corrected chi connectivity index (χ4v) is 7.26. The number of fused-ring (bicyclic) bond motifs is 5. The normalized spacial score (nSPS) is 46.6. The Morgan fingerprint density at radius 2 is 2.03 bits per heavy atom. The maximum absolute atomic E-state index is 12.6. The average molecular weight is 403 g/mol. The summed E-state index contributed by atoms with van der Waals surface area (Å²) in [5, 5.41) is 0. The van der Waals surface area contributed by atoms with Crippen LogP contribution in [-0.2, 0) is 23.9 Å². The molecule has 0 aromatic heterocycles. The van der Waals surface area contributed by atoms with Crippen LogP contribution in [0.15, 0.2) is 11.6 Å². The van der Waals surface area contributed by atoms with E-state index in [4.69, 9.17) is 9.47 Å². The van der Waals surface area contributed by atoms with Gasteiger partial charge in [0.15, 0.2) is 0 Å². The first kappa shape index (κ1) is 20.6. The highest BCUT2D eigenvalue weighted by atomic mass is 16.6. The highest BCUT2D eigenvalue weighted by Gasteiger charge is 2.63. The minimum Gasteiger partial charge on any atom is -0.462 e. The number of Topliss-reactive ketones (excluding diaryl/α,β-unsaturated/α-hetero) is 1. The molecule has 5 heteroatoms. The number of rotatable bonds is 1. The molecule has 0 radical (unpaired) electrons. The van der Waals surface area contributed by atoms with Crippen molar-refractivity contribution in [2.45, 2.75) is 84.8 Å². The van der Waals surface area contributed by atoms with Gasteiger partial charge in [0.25, 0.3) is 0 Å². The molecule has 3 fully saturated rings. The van der Waals surface area contributed by atoms with Gasteiger partial charge < -0.3 is 9.47 Å². The van der Waals surface area contributed by atoms with Gasteiger partial charge in [-0.15, -0.1) is 0 Å². The maximum Gasteiger partial charge on any atom is 0.309 e. The summed E-state index contributed by atoms with van der Waals surface area (Å²) in [7, 11) is 0. The van der Waals surface area contributed by atoms with Gasteiger partial charge in [-0.2, -0.15) is 0 Å². The smallest absolute Gasteiger partial charge is 0.309 e. The molecule has 3 aliphatic carbocycles. The lowest BCUT2D eigenvalue weighted by molar-refractivity contribution is -0.147. The third-order valence-corrected chi connectivity index (χ3v) is 8.53. The summed E-state index contributed by atoms with van der Waals surface area (Å²) in [5.41, 5.74) is 1.48. The molecule has 0 unspecified atom stereocenters. The van der Waals surface area contributed by atoms with E-state index < -0.39 is 0 Å². The van der Waals surface area contributed by atoms with Gasteiger partial charge in [-0.05, 0) is 55.8 Å². The summed E-state index contributed by atoms with van der Waals surface area (Å²) in [6.07, 6.45) is 7.39. The summed E-state index contributed by atoms with van der Waals surface area (Å²) >= 11 is 0. The Morgan fingerprint density at radius 3 is 2.76 bits per heavy atom. The monoisotopic (exact) mass is 402 g/mol. The first-order valence-corrected chi connectivity index (χ1v) is 11.3. The SMILES string of the molecule is CC(=O)O[C@H]1C/C=C(\C)[C@H]2CC[C@]3(C)[C@@H]4[C@H](C[C@H]3[C@@H]2CCC(=O)C1)OC(=O)[C@H]4C. The second kappa shape index (κ2) is 7.55. The van der Waals surface area contributed by atoms with Crippen LogP contribution in [0.3, 0.4) is 0 Å². The first-order valence-electron chi connectivity index (χ1n) is 11.3. The van der Waals surface area contributed by atoms with E-state index in [1.54, 1.807) is 0 Å². The average Bonchev–Trinajstić information content (AvgIpc) is 3.09. The Morgan fingerprint density at radius 1 is 1.28 bits per heavy atom. The van der Waals surface area contributed by atoms with Crippen LogP contribution in [0, 0.1) is 35.0 Å². The first-order chi connectivity index (χ1) is 13.7. The standard InChI is InChI=1S/C24H34O5/c1-13-5-7-17(28-15(3)25)11-16(26)6-8-19-18(13)9-10-24(4)20(19)12-21-22(24)14(2)23(27)29-21/h5,14,17-22H,6-12H2,1-4H3/b13-5+/t14-,17-,18+,19+,20-,21-,22-,24-/m0/s1. The zero-order valence-electron chi connectivity index (χ0n) is 18.1. The van der Waals surface area contributed by atoms with Crippen molar-refractivity contribution in [1.29, 1.82) is 0 Å². The van der Waals surface area contributed by atoms with Gasteiger partial charge in [0.2, 0.25) is 0 Å². The van der Waals surface area contributed by atoms with Gasteiger partial charge >= 0.3 is 11.9 Å². The Kier molecular flexibility index (Phi) is 5.37. The van der Waals surface area contributed by atoms with E-state index in [2.05, 4.69) is 19.9 Å². The number of ketones is 1. The van der Waals surface area contributed by atoms with Crippen LogP contribution in [0.5, 0.6) is 0 Å². The van der Waals surface area contributed by atoms with Crippen LogP contribution in [0.4, 0.5) is 0 Å². The molecule has 2 saturated carbocycles. The third-order valence-electron chi connectivity index (χ3n) is 8.53. The lowest BCUT2D eigenvalue weighted by Gasteiger charge is -2.49. The number of carbonyl (C=O) groups is 3. The molecule has 160 valence electrons.